The number of nitrogens with zero attached hydrogens (tertiary/aromatic N) is 1. The Morgan fingerprint density at radius 3 is 2.33 bits per heavy atom. The second-order valence-electron chi connectivity index (χ2n) is 4.61. The van der Waals surface area contributed by atoms with Gasteiger partial charge in [0, 0.05) is 17.2 Å². The molecule has 0 aromatic rings. The Bertz CT molecular complexity index is 189. The largest absolute Gasteiger partial charge is 0.362 e. The first-order valence-corrected chi connectivity index (χ1v) is 5.56. The van der Waals surface area contributed by atoms with Gasteiger partial charge in [-0.1, -0.05) is 20.8 Å². The molecule has 12 heavy (non-hydrogen) atoms. The fourth-order valence-corrected chi connectivity index (χ4v) is 2.69. The van der Waals surface area contributed by atoms with E-state index in [0.29, 0.717) is 11.5 Å². The molecule has 0 amide bonds. The fraction of sp³-hybridized carbons (Fsp3) is 0.800. The zero-order valence-electron chi connectivity index (χ0n) is 8.72. The summed E-state index contributed by atoms with van der Waals surface area (Å²) in [7, 11) is 0. The smallest absolute Gasteiger partial charge is 0.0680 e. The molecule has 1 heterocycles. The number of hydrogen-bond donors (Lipinski definition) is 0. The van der Waals surface area contributed by atoms with E-state index in [4.69, 9.17) is 0 Å². The minimum absolute atomic E-state index is 0.299. The lowest BCUT2D eigenvalue weighted by atomic mass is 9.91. The monoisotopic (exact) mass is 185 g/mol. The maximum Gasteiger partial charge on any atom is 0.0680 e. The Morgan fingerprint density at radius 1 is 1.42 bits per heavy atom. The molecule has 0 bridgehead atoms. The third-order valence-corrected chi connectivity index (χ3v) is 2.93. The normalized spacial score (nSPS) is 18.8. The first kappa shape index (κ1) is 9.97. The van der Waals surface area contributed by atoms with Crippen LogP contribution in [0.2, 0.25) is 0 Å². The molecule has 0 aromatic heterocycles. The fourth-order valence-electron chi connectivity index (χ4n) is 1.37. The molecule has 1 aliphatic rings. The lowest BCUT2D eigenvalue weighted by molar-refractivity contribution is 0.264. The number of allylic oxidation sites excluding steroid dienone is 1. The minimum Gasteiger partial charge on any atom is -0.362 e. The van der Waals surface area contributed by atoms with Gasteiger partial charge in [-0.05, 0) is 19.3 Å². The molecule has 0 saturated heterocycles. The van der Waals surface area contributed by atoms with Gasteiger partial charge in [-0.3, -0.25) is 0 Å². The molecule has 0 aromatic carbocycles. The summed E-state index contributed by atoms with van der Waals surface area (Å²) < 4.78 is 0. The van der Waals surface area contributed by atoms with Crippen molar-refractivity contribution in [2.45, 2.75) is 40.7 Å². The van der Waals surface area contributed by atoms with E-state index in [0.717, 1.165) is 5.88 Å². The molecule has 0 aliphatic carbocycles. The molecule has 0 fully saturated rings. The van der Waals surface area contributed by atoms with Crippen LogP contribution in [0.15, 0.2) is 11.1 Å². The van der Waals surface area contributed by atoms with Crippen LogP contribution in [0.4, 0.5) is 0 Å². The van der Waals surface area contributed by atoms with Crippen molar-refractivity contribution in [3.8, 4) is 0 Å². The summed E-state index contributed by atoms with van der Waals surface area (Å²) in [4.78, 5) is 2.48. The van der Waals surface area contributed by atoms with Crippen molar-refractivity contribution in [3.05, 3.63) is 11.1 Å². The van der Waals surface area contributed by atoms with Crippen LogP contribution in [0.25, 0.3) is 0 Å². The van der Waals surface area contributed by atoms with Gasteiger partial charge in [-0.25, -0.2) is 0 Å². The summed E-state index contributed by atoms with van der Waals surface area (Å²) in [5.74, 6) is 1.13. The van der Waals surface area contributed by atoms with Gasteiger partial charge in [0.15, 0.2) is 0 Å². The lowest BCUT2D eigenvalue weighted by Crippen LogP contribution is -2.32. The van der Waals surface area contributed by atoms with Crippen molar-refractivity contribution in [1.82, 2.24) is 4.90 Å². The summed E-state index contributed by atoms with van der Waals surface area (Å²) in [6, 6.07) is 0.630. The Labute approximate surface area is 80.2 Å². The van der Waals surface area contributed by atoms with Crippen molar-refractivity contribution >= 4 is 11.8 Å². The van der Waals surface area contributed by atoms with Crippen molar-refractivity contribution in [3.63, 3.8) is 0 Å². The molecular weight excluding hydrogens is 166 g/mol. The Balaban J connectivity index is 2.76. The summed E-state index contributed by atoms with van der Waals surface area (Å²) in [5, 5.41) is 2.31. The Morgan fingerprint density at radius 2 is 2.00 bits per heavy atom. The maximum atomic E-state index is 2.48. The van der Waals surface area contributed by atoms with Gasteiger partial charge in [0.05, 0.1) is 5.88 Å². The lowest BCUT2D eigenvalue weighted by Gasteiger charge is -2.33. The highest BCUT2D eigenvalue weighted by atomic mass is 32.2. The van der Waals surface area contributed by atoms with E-state index in [1.807, 2.05) is 11.8 Å². The molecule has 2 heteroatoms. The Kier molecular flexibility index (Phi) is 2.77. The molecule has 70 valence electrons. The predicted octanol–water partition coefficient (Wildman–Crippen LogP) is 3.29. The first-order valence-electron chi connectivity index (χ1n) is 4.52. The van der Waals surface area contributed by atoms with Crippen LogP contribution in [0.3, 0.4) is 0 Å². The van der Waals surface area contributed by atoms with E-state index in [1.165, 1.54) is 5.70 Å². The maximum absolute atomic E-state index is 2.48. The van der Waals surface area contributed by atoms with Gasteiger partial charge in [0.2, 0.25) is 0 Å². The standard InChI is InChI=1S/C10H19NS/c1-8(2)11-7-12-6-9(11)10(3,4)5/h6,8H,7H2,1-5H3. The third-order valence-electron chi connectivity index (χ3n) is 2.11. The van der Waals surface area contributed by atoms with E-state index in [1.54, 1.807) is 0 Å². The van der Waals surface area contributed by atoms with Gasteiger partial charge >= 0.3 is 0 Å². The molecule has 1 nitrogen and oxygen atoms in total. The van der Waals surface area contributed by atoms with Crippen LogP contribution in [0.5, 0.6) is 0 Å². The third kappa shape index (κ3) is 1.98. The average molecular weight is 185 g/mol. The number of rotatable bonds is 1. The van der Waals surface area contributed by atoms with Crippen LogP contribution in [0, 0.1) is 5.41 Å². The van der Waals surface area contributed by atoms with E-state index >= 15 is 0 Å². The second kappa shape index (κ2) is 3.33. The van der Waals surface area contributed by atoms with Gasteiger partial charge in [-0.15, -0.1) is 11.8 Å². The molecule has 0 atom stereocenters. The van der Waals surface area contributed by atoms with E-state index in [-0.39, 0.29) is 0 Å². The predicted molar refractivity (Wildman–Crippen MR) is 57.0 cm³/mol. The summed E-state index contributed by atoms with van der Waals surface area (Å²) in [6.07, 6.45) is 0. The molecule has 1 aliphatic heterocycles. The minimum atomic E-state index is 0.299. The van der Waals surface area contributed by atoms with Crippen LogP contribution in [-0.4, -0.2) is 16.8 Å². The quantitative estimate of drug-likeness (QED) is 0.616. The highest BCUT2D eigenvalue weighted by Gasteiger charge is 2.27. The van der Waals surface area contributed by atoms with E-state index in [9.17, 15) is 0 Å². The van der Waals surface area contributed by atoms with Crippen molar-refractivity contribution in [2.24, 2.45) is 5.41 Å². The highest BCUT2D eigenvalue weighted by Crippen LogP contribution is 2.37. The number of thioether (sulfide) groups is 1. The van der Waals surface area contributed by atoms with Crippen molar-refractivity contribution in [2.75, 3.05) is 5.88 Å². The zero-order chi connectivity index (χ0) is 9.35. The zero-order valence-corrected chi connectivity index (χ0v) is 9.53. The van der Waals surface area contributed by atoms with Crippen LogP contribution < -0.4 is 0 Å². The molecule has 0 saturated carbocycles. The molecule has 0 spiro atoms. The van der Waals surface area contributed by atoms with Gasteiger partial charge in [0.25, 0.3) is 0 Å². The van der Waals surface area contributed by atoms with Crippen LogP contribution in [-0.2, 0) is 0 Å². The second-order valence-corrected chi connectivity index (χ2v) is 5.44. The van der Waals surface area contributed by atoms with Crippen molar-refractivity contribution in [1.29, 1.82) is 0 Å². The first-order chi connectivity index (χ1) is 5.43. The molecule has 0 unspecified atom stereocenters. The average Bonchev–Trinajstić information content (AvgIpc) is 2.30. The SMILES string of the molecule is CC(C)N1CSC=C1C(C)(C)C. The molecular formula is C10H19NS. The van der Waals surface area contributed by atoms with E-state index < -0.39 is 0 Å². The van der Waals surface area contributed by atoms with E-state index in [2.05, 4.69) is 44.9 Å². The highest BCUT2D eigenvalue weighted by molar-refractivity contribution is 8.02. The van der Waals surface area contributed by atoms with Gasteiger partial charge < -0.3 is 4.90 Å². The summed E-state index contributed by atoms with van der Waals surface area (Å²) >= 11 is 1.91. The van der Waals surface area contributed by atoms with Crippen LogP contribution >= 0.6 is 11.8 Å². The van der Waals surface area contributed by atoms with Crippen LogP contribution in [0.1, 0.15) is 34.6 Å². The topological polar surface area (TPSA) is 3.24 Å². The number of hydrogen-bond acceptors (Lipinski definition) is 2. The summed E-state index contributed by atoms with van der Waals surface area (Å²) in [5.41, 5.74) is 1.79. The van der Waals surface area contributed by atoms with Gasteiger partial charge in [0.1, 0.15) is 0 Å². The summed E-state index contributed by atoms with van der Waals surface area (Å²) in [6.45, 7) is 11.3. The van der Waals surface area contributed by atoms with Crippen molar-refractivity contribution < 1.29 is 0 Å². The molecule has 0 radical (unpaired) electrons. The Hall–Kier alpha value is -0.110. The molecule has 1 rings (SSSR count). The van der Waals surface area contributed by atoms with Gasteiger partial charge in [-0.2, -0.15) is 0 Å². The molecule has 0 N–H and O–H groups in total.